The molecule has 3 rings (SSSR count). The van der Waals surface area contributed by atoms with Gasteiger partial charge in [-0.3, -0.25) is 4.90 Å². The highest BCUT2D eigenvalue weighted by atomic mass is 35.5. The van der Waals surface area contributed by atoms with Gasteiger partial charge in [0, 0.05) is 19.5 Å². The van der Waals surface area contributed by atoms with E-state index in [1.807, 2.05) is 0 Å². The maximum atomic E-state index is 6.30. The molecule has 0 unspecified atom stereocenters. The maximum Gasteiger partial charge on any atom is 0.151 e. The number of H-pyrrole nitrogens is 1. The predicted molar refractivity (Wildman–Crippen MR) is 86.6 cm³/mol. The second kappa shape index (κ2) is 6.67. The van der Waals surface area contributed by atoms with Crippen LogP contribution in [-0.2, 0) is 13.0 Å². The number of aromatic amines is 1. The van der Waals surface area contributed by atoms with E-state index in [9.17, 15) is 0 Å². The van der Waals surface area contributed by atoms with Gasteiger partial charge in [0.25, 0.3) is 0 Å². The van der Waals surface area contributed by atoms with E-state index in [1.54, 1.807) is 0 Å². The average Bonchev–Trinajstić information content (AvgIpc) is 3.03. The summed E-state index contributed by atoms with van der Waals surface area (Å²) in [5.41, 5.74) is 1.66. The Morgan fingerprint density at radius 2 is 2.10 bits per heavy atom. The molecule has 2 fully saturated rings. The van der Waals surface area contributed by atoms with E-state index in [0.29, 0.717) is 10.6 Å². The van der Waals surface area contributed by atoms with E-state index < -0.39 is 0 Å². The third-order valence-electron chi connectivity index (χ3n) is 5.11. The Morgan fingerprint density at radius 1 is 1.29 bits per heavy atom. The van der Waals surface area contributed by atoms with Crippen molar-refractivity contribution in [2.45, 2.75) is 52.0 Å². The monoisotopic (exact) mass is 310 g/mol. The molecule has 2 aliphatic heterocycles. The summed E-state index contributed by atoms with van der Waals surface area (Å²) >= 11 is 6.30. The van der Waals surface area contributed by atoms with Crippen molar-refractivity contribution in [3.63, 3.8) is 0 Å². The molecule has 5 heteroatoms. The van der Waals surface area contributed by atoms with Gasteiger partial charge in [0.05, 0.1) is 5.69 Å². The van der Waals surface area contributed by atoms with E-state index in [0.717, 1.165) is 24.5 Å². The Balaban J connectivity index is 1.58. The van der Waals surface area contributed by atoms with Gasteiger partial charge in [-0.2, -0.15) is 0 Å². The standard InChI is InChI=1S/C16H27ClN4/c1-2-3-4-14-19-13(15(17)20-14)11-21-10-7-16(12-21)5-8-18-9-6-16/h18H,2-12H2,1H3,(H,19,20). The lowest BCUT2D eigenvalue weighted by Gasteiger charge is -2.33. The molecule has 4 nitrogen and oxygen atoms in total. The lowest BCUT2D eigenvalue weighted by atomic mass is 9.78. The fourth-order valence-electron chi connectivity index (χ4n) is 3.76. The molecule has 0 aliphatic carbocycles. The minimum absolute atomic E-state index is 0.558. The van der Waals surface area contributed by atoms with Crippen molar-refractivity contribution in [3.8, 4) is 0 Å². The fourth-order valence-corrected chi connectivity index (χ4v) is 3.97. The molecule has 3 heterocycles. The second-order valence-electron chi connectivity index (χ2n) is 6.77. The number of nitrogens with zero attached hydrogens (tertiary/aromatic N) is 2. The first-order valence-electron chi connectivity index (χ1n) is 8.37. The number of unbranched alkanes of at least 4 members (excludes halogenated alkanes) is 1. The zero-order valence-electron chi connectivity index (χ0n) is 13.1. The summed E-state index contributed by atoms with van der Waals surface area (Å²) in [6, 6.07) is 0. The molecular weight excluding hydrogens is 284 g/mol. The highest BCUT2D eigenvalue weighted by Crippen LogP contribution is 2.39. The number of hydrogen-bond acceptors (Lipinski definition) is 3. The van der Waals surface area contributed by atoms with Gasteiger partial charge in [-0.25, -0.2) is 4.98 Å². The number of halogens is 1. The van der Waals surface area contributed by atoms with E-state index >= 15 is 0 Å². The van der Waals surface area contributed by atoms with E-state index in [2.05, 4.69) is 27.1 Å². The number of aromatic nitrogens is 2. The van der Waals surface area contributed by atoms with Crippen molar-refractivity contribution in [1.29, 1.82) is 0 Å². The number of likely N-dealkylation sites (tertiary alicyclic amines) is 1. The number of imidazole rings is 1. The molecule has 1 aromatic heterocycles. The highest BCUT2D eigenvalue weighted by molar-refractivity contribution is 6.30. The van der Waals surface area contributed by atoms with Crippen LogP contribution in [0.2, 0.25) is 5.15 Å². The Kier molecular flexibility index (Phi) is 4.87. The summed E-state index contributed by atoms with van der Waals surface area (Å²) in [5, 5.41) is 4.15. The molecule has 118 valence electrons. The summed E-state index contributed by atoms with van der Waals surface area (Å²) in [6.45, 7) is 7.90. The summed E-state index contributed by atoms with van der Waals surface area (Å²) in [6.07, 6.45) is 7.35. The first-order valence-corrected chi connectivity index (χ1v) is 8.75. The minimum Gasteiger partial charge on any atom is -0.344 e. The van der Waals surface area contributed by atoms with E-state index in [1.165, 1.54) is 58.3 Å². The third-order valence-corrected chi connectivity index (χ3v) is 5.42. The lowest BCUT2D eigenvalue weighted by molar-refractivity contribution is 0.193. The molecule has 0 radical (unpaired) electrons. The Hall–Kier alpha value is -0.580. The zero-order valence-corrected chi connectivity index (χ0v) is 13.8. The maximum absolute atomic E-state index is 6.30. The molecule has 0 bridgehead atoms. The van der Waals surface area contributed by atoms with Crippen LogP contribution in [0.25, 0.3) is 0 Å². The number of hydrogen-bond donors (Lipinski definition) is 2. The minimum atomic E-state index is 0.558. The highest BCUT2D eigenvalue weighted by Gasteiger charge is 2.38. The fraction of sp³-hybridized carbons (Fsp3) is 0.812. The van der Waals surface area contributed by atoms with Gasteiger partial charge < -0.3 is 10.3 Å². The van der Waals surface area contributed by atoms with Crippen LogP contribution in [0.1, 0.15) is 50.5 Å². The largest absolute Gasteiger partial charge is 0.344 e. The van der Waals surface area contributed by atoms with E-state index in [-0.39, 0.29) is 0 Å². The summed E-state index contributed by atoms with van der Waals surface area (Å²) in [7, 11) is 0. The molecule has 0 saturated carbocycles. The van der Waals surface area contributed by atoms with Crippen LogP contribution in [0, 0.1) is 5.41 Å². The lowest BCUT2D eigenvalue weighted by Crippen LogP contribution is -2.38. The van der Waals surface area contributed by atoms with Gasteiger partial charge in [-0.05, 0) is 50.7 Å². The quantitative estimate of drug-likeness (QED) is 0.879. The van der Waals surface area contributed by atoms with Crippen LogP contribution in [0.5, 0.6) is 0 Å². The Bertz CT molecular complexity index is 465. The number of piperidine rings is 1. The zero-order chi connectivity index (χ0) is 14.7. The molecule has 0 amide bonds. The molecule has 2 saturated heterocycles. The molecule has 21 heavy (non-hydrogen) atoms. The Labute approximate surface area is 132 Å². The molecule has 1 spiro atoms. The van der Waals surface area contributed by atoms with Crippen molar-refractivity contribution in [2.75, 3.05) is 26.2 Å². The first kappa shape index (κ1) is 15.3. The molecule has 2 N–H and O–H groups in total. The first-order chi connectivity index (χ1) is 10.2. The van der Waals surface area contributed by atoms with Gasteiger partial charge in [0.2, 0.25) is 0 Å². The smallest absolute Gasteiger partial charge is 0.151 e. The van der Waals surface area contributed by atoms with Crippen molar-refractivity contribution in [3.05, 3.63) is 16.7 Å². The van der Waals surface area contributed by atoms with Gasteiger partial charge >= 0.3 is 0 Å². The summed E-state index contributed by atoms with van der Waals surface area (Å²) < 4.78 is 0. The van der Waals surface area contributed by atoms with Gasteiger partial charge in [-0.1, -0.05) is 24.9 Å². The molecule has 1 aromatic rings. The molecular formula is C16H27ClN4. The van der Waals surface area contributed by atoms with Crippen LogP contribution in [0.3, 0.4) is 0 Å². The number of rotatable bonds is 5. The predicted octanol–water partition coefficient (Wildman–Crippen LogP) is 2.98. The molecule has 2 aliphatic rings. The molecule has 0 atom stereocenters. The van der Waals surface area contributed by atoms with Crippen LogP contribution >= 0.6 is 11.6 Å². The van der Waals surface area contributed by atoms with Crippen LogP contribution in [0.4, 0.5) is 0 Å². The molecule has 0 aromatic carbocycles. The van der Waals surface area contributed by atoms with Gasteiger partial charge in [0.1, 0.15) is 5.82 Å². The second-order valence-corrected chi connectivity index (χ2v) is 7.13. The van der Waals surface area contributed by atoms with Crippen LogP contribution in [0.15, 0.2) is 0 Å². The SMILES string of the molecule is CCCCc1nc(Cl)c(CN2CCC3(CCNCC3)C2)[nH]1. The van der Waals surface area contributed by atoms with Gasteiger partial charge in [0.15, 0.2) is 5.15 Å². The summed E-state index contributed by atoms with van der Waals surface area (Å²) in [5.74, 6) is 1.05. The average molecular weight is 311 g/mol. The normalized spacial score (nSPS) is 22.2. The van der Waals surface area contributed by atoms with Crippen molar-refractivity contribution in [2.24, 2.45) is 5.41 Å². The van der Waals surface area contributed by atoms with Crippen LogP contribution < -0.4 is 5.32 Å². The topological polar surface area (TPSA) is 44.0 Å². The van der Waals surface area contributed by atoms with E-state index in [4.69, 9.17) is 11.6 Å². The number of aryl methyl sites for hydroxylation is 1. The van der Waals surface area contributed by atoms with Crippen molar-refractivity contribution in [1.82, 2.24) is 20.2 Å². The third kappa shape index (κ3) is 3.61. The summed E-state index contributed by atoms with van der Waals surface area (Å²) in [4.78, 5) is 10.5. The Morgan fingerprint density at radius 3 is 2.86 bits per heavy atom. The number of nitrogens with one attached hydrogen (secondary N) is 2. The van der Waals surface area contributed by atoms with Crippen molar-refractivity contribution >= 4 is 11.6 Å². The van der Waals surface area contributed by atoms with Crippen molar-refractivity contribution < 1.29 is 0 Å². The van der Waals surface area contributed by atoms with Gasteiger partial charge in [-0.15, -0.1) is 0 Å². The van der Waals surface area contributed by atoms with Crippen LogP contribution in [-0.4, -0.2) is 41.0 Å².